The van der Waals surface area contributed by atoms with Crippen LogP contribution in [0.4, 0.5) is 8.78 Å². The molecule has 0 unspecified atom stereocenters. The van der Waals surface area contributed by atoms with Gasteiger partial charge in [-0.2, -0.15) is 8.68 Å². The Morgan fingerprint density at radius 1 is 1.57 bits per heavy atom. The van der Waals surface area contributed by atoms with E-state index in [1.807, 2.05) is 0 Å². The maximum absolute atomic E-state index is 13.5. The third-order valence-electron chi connectivity index (χ3n) is 2.74. The molecule has 1 fully saturated rings. The lowest BCUT2D eigenvalue weighted by molar-refractivity contribution is -0.0630. The van der Waals surface area contributed by atoms with Crippen LogP contribution in [-0.4, -0.2) is 62.4 Å². The summed E-state index contributed by atoms with van der Waals surface area (Å²) in [4.78, 5) is 11.1. The highest BCUT2D eigenvalue weighted by Crippen LogP contribution is 2.27. The first-order valence-corrected chi connectivity index (χ1v) is 8.04. The number of hydrogen-bond donors (Lipinski definition) is 0. The number of aromatic nitrogens is 1. The first kappa shape index (κ1) is 16.2. The highest BCUT2D eigenvalue weighted by atomic mass is 32.2. The third kappa shape index (κ3) is 3.36. The van der Waals surface area contributed by atoms with Crippen LogP contribution in [0.5, 0.6) is 0 Å². The molecule has 0 amide bonds. The van der Waals surface area contributed by atoms with Crippen molar-refractivity contribution in [1.82, 2.24) is 8.68 Å². The van der Waals surface area contributed by atoms with Crippen molar-refractivity contribution in [3.8, 4) is 0 Å². The van der Waals surface area contributed by atoms with Crippen LogP contribution in [0.3, 0.4) is 0 Å². The molecule has 0 atom stereocenters. The van der Waals surface area contributed by atoms with Crippen LogP contribution < -0.4 is 0 Å². The minimum absolute atomic E-state index is 0.153. The van der Waals surface area contributed by atoms with Crippen LogP contribution >= 0.6 is 11.5 Å². The van der Waals surface area contributed by atoms with Crippen molar-refractivity contribution in [2.45, 2.75) is 10.8 Å². The second-order valence-electron chi connectivity index (χ2n) is 4.27. The molecule has 1 aliphatic rings. The summed E-state index contributed by atoms with van der Waals surface area (Å²) in [5.41, 5.74) is -0.406. The standard InChI is InChI=1S/C10H12F2N2O5S2/c1-18-9(15)8-7(4-20-13-8)21(16,17)14-2-3-19-6-10(11,12)5-14/h4H,2-3,5-6H2,1H3. The van der Waals surface area contributed by atoms with Gasteiger partial charge in [0.25, 0.3) is 5.92 Å². The van der Waals surface area contributed by atoms with E-state index in [0.717, 1.165) is 24.0 Å². The molecular formula is C10H12F2N2O5S2. The van der Waals surface area contributed by atoms with Gasteiger partial charge in [0.05, 0.1) is 20.3 Å². The van der Waals surface area contributed by atoms with Crippen LogP contribution in [-0.2, 0) is 19.5 Å². The average molecular weight is 342 g/mol. The highest BCUT2D eigenvalue weighted by molar-refractivity contribution is 7.89. The molecular weight excluding hydrogens is 330 g/mol. The fourth-order valence-electron chi connectivity index (χ4n) is 1.76. The first-order chi connectivity index (χ1) is 9.78. The number of halogens is 2. The van der Waals surface area contributed by atoms with Gasteiger partial charge in [-0.15, -0.1) is 0 Å². The molecule has 0 aromatic carbocycles. The minimum Gasteiger partial charge on any atom is -0.464 e. The van der Waals surface area contributed by atoms with E-state index in [9.17, 15) is 22.0 Å². The summed E-state index contributed by atoms with van der Waals surface area (Å²) in [5.74, 6) is -4.23. The number of methoxy groups -OCH3 is 1. The van der Waals surface area contributed by atoms with Gasteiger partial charge < -0.3 is 9.47 Å². The van der Waals surface area contributed by atoms with E-state index < -0.39 is 45.7 Å². The number of nitrogens with zero attached hydrogens (tertiary/aromatic N) is 2. The molecule has 1 saturated heterocycles. The number of sulfonamides is 1. The molecule has 2 heterocycles. The van der Waals surface area contributed by atoms with E-state index in [1.54, 1.807) is 0 Å². The Balaban J connectivity index is 2.38. The maximum atomic E-state index is 13.5. The van der Waals surface area contributed by atoms with Gasteiger partial charge in [0.15, 0.2) is 5.69 Å². The Hall–Kier alpha value is -1.17. The van der Waals surface area contributed by atoms with Crippen LogP contribution in [0, 0.1) is 0 Å². The van der Waals surface area contributed by atoms with Gasteiger partial charge >= 0.3 is 5.97 Å². The zero-order valence-corrected chi connectivity index (χ0v) is 12.5. The predicted molar refractivity (Wildman–Crippen MR) is 68.0 cm³/mol. The first-order valence-electron chi connectivity index (χ1n) is 5.76. The molecule has 1 aromatic heterocycles. The lowest BCUT2D eigenvalue weighted by atomic mass is 10.4. The molecule has 11 heteroatoms. The predicted octanol–water partition coefficient (Wildman–Crippen LogP) is 0.586. The van der Waals surface area contributed by atoms with Crippen molar-refractivity contribution in [3.05, 3.63) is 11.1 Å². The monoisotopic (exact) mass is 342 g/mol. The van der Waals surface area contributed by atoms with E-state index in [2.05, 4.69) is 9.11 Å². The van der Waals surface area contributed by atoms with Gasteiger partial charge in [0, 0.05) is 11.9 Å². The van der Waals surface area contributed by atoms with Crippen molar-refractivity contribution in [2.24, 2.45) is 0 Å². The van der Waals surface area contributed by atoms with Crippen molar-refractivity contribution >= 4 is 27.5 Å². The smallest absolute Gasteiger partial charge is 0.359 e. The number of hydrogen-bond acceptors (Lipinski definition) is 7. The fraction of sp³-hybridized carbons (Fsp3) is 0.600. The molecule has 0 bridgehead atoms. The van der Waals surface area contributed by atoms with Crippen molar-refractivity contribution in [2.75, 3.05) is 33.4 Å². The number of ether oxygens (including phenoxy) is 2. The van der Waals surface area contributed by atoms with Crippen LogP contribution in [0.1, 0.15) is 10.5 Å². The maximum Gasteiger partial charge on any atom is 0.359 e. The number of esters is 1. The topological polar surface area (TPSA) is 85.8 Å². The van der Waals surface area contributed by atoms with Crippen molar-refractivity contribution < 1.29 is 31.5 Å². The molecule has 0 saturated carbocycles. The average Bonchev–Trinajstić information content (AvgIpc) is 2.83. The van der Waals surface area contributed by atoms with E-state index in [4.69, 9.17) is 4.74 Å². The number of carbonyl (C=O) groups excluding carboxylic acids is 1. The van der Waals surface area contributed by atoms with Crippen LogP contribution in [0.25, 0.3) is 0 Å². The van der Waals surface area contributed by atoms with Crippen molar-refractivity contribution in [3.63, 3.8) is 0 Å². The summed E-state index contributed by atoms with van der Waals surface area (Å²) in [6.45, 7) is -2.23. The zero-order chi connectivity index (χ0) is 15.7. The minimum atomic E-state index is -4.28. The Morgan fingerprint density at radius 2 is 2.29 bits per heavy atom. The Morgan fingerprint density at radius 3 is 2.95 bits per heavy atom. The molecule has 0 aliphatic carbocycles. The Bertz CT molecular complexity index is 631. The summed E-state index contributed by atoms with van der Waals surface area (Å²) in [6.07, 6.45) is 0. The molecule has 0 N–H and O–H groups in total. The molecule has 7 nitrogen and oxygen atoms in total. The van der Waals surface area contributed by atoms with Gasteiger partial charge in [-0.25, -0.2) is 22.0 Å². The molecule has 21 heavy (non-hydrogen) atoms. The lowest BCUT2D eigenvalue weighted by Gasteiger charge is -2.22. The Kier molecular flexibility index (Phi) is 4.56. The second kappa shape index (κ2) is 5.91. The lowest BCUT2D eigenvalue weighted by Crippen LogP contribution is -2.41. The largest absolute Gasteiger partial charge is 0.464 e. The number of alkyl halides is 2. The van der Waals surface area contributed by atoms with E-state index >= 15 is 0 Å². The second-order valence-corrected chi connectivity index (χ2v) is 6.80. The van der Waals surface area contributed by atoms with Crippen LogP contribution in [0.15, 0.2) is 10.3 Å². The molecule has 2 rings (SSSR count). The van der Waals surface area contributed by atoms with E-state index in [-0.39, 0.29) is 13.2 Å². The van der Waals surface area contributed by atoms with E-state index in [0.29, 0.717) is 4.31 Å². The molecule has 1 aromatic rings. The van der Waals surface area contributed by atoms with Crippen LogP contribution in [0.2, 0.25) is 0 Å². The molecule has 118 valence electrons. The Labute approximate surface area is 123 Å². The molecule has 0 radical (unpaired) electrons. The summed E-state index contributed by atoms with van der Waals surface area (Å²) < 4.78 is 65.2. The SMILES string of the molecule is COC(=O)c1nscc1S(=O)(=O)N1CCOCC(F)(F)C1. The fourth-order valence-corrected chi connectivity index (χ4v) is 4.30. The van der Waals surface area contributed by atoms with Gasteiger partial charge in [-0.05, 0) is 11.5 Å². The number of carbonyl (C=O) groups is 1. The summed E-state index contributed by atoms with van der Waals surface area (Å²) in [6, 6.07) is 0. The highest BCUT2D eigenvalue weighted by Gasteiger charge is 2.41. The third-order valence-corrected chi connectivity index (χ3v) is 5.38. The van der Waals surface area contributed by atoms with E-state index in [1.165, 1.54) is 0 Å². The van der Waals surface area contributed by atoms with Gasteiger partial charge in [0.1, 0.15) is 11.5 Å². The quantitative estimate of drug-likeness (QED) is 0.747. The zero-order valence-electron chi connectivity index (χ0n) is 10.9. The molecule has 1 aliphatic heterocycles. The summed E-state index contributed by atoms with van der Waals surface area (Å²) in [7, 11) is -3.20. The van der Waals surface area contributed by atoms with Gasteiger partial charge in [-0.1, -0.05) is 0 Å². The molecule has 0 spiro atoms. The number of rotatable bonds is 3. The van der Waals surface area contributed by atoms with Gasteiger partial charge in [-0.3, -0.25) is 0 Å². The van der Waals surface area contributed by atoms with Gasteiger partial charge in [0.2, 0.25) is 10.0 Å². The summed E-state index contributed by atoms with van der Waals surface area (Å²) in [5, 5.41) is 1.12. The summed E-state index contributed by atoms with van der Waals surface area (Å²) >= 11 is 0.730. The normalized spacial score (nSPS) is 20.0. The van der Waals surface area contributed by atoms with Crippen molar-refractivity contribution in [1.29, 1.82) is 0 Å².